The van der Waals surface area contributed by atoms with Crippen LogP contribution in [0.1, 0.15) is 0 Å². The van der Waals surface area contributed by atoms with Crippen LogP contribution in [0.2, 0.25) is 10.0 Å². The molecule has 1 aromatic rings. The largest absolute Gasteiger partial charge is 0.477 e. The number of carbonyl (C=O) groups is 1. The van der Waals surface area contributed by atoms with E-state index in [0.29, 0.717) is 6.21 Å². The third-order valence-electron chi connectivity index (χ3n) is 1.53. The lowest BCUT2D eigenvalue weighted by atomic mass is 10.4. The molecule has 0 saturated carbocycles. The first kappa shape index (κ1) is 13.8. The van der Waals surface area contributed by atoms with Gasteiger partial charge in [0.1, 0.15) is 11.1 Å². The number of aliphatic carboxylic acids is 1. The highest BCUT2D eigenvalue weighted by Gasteiger charge is 2.17. The summed E-state index contributed by atoms with van der Waals surface area (Å²) in [5.74, 6) is -1.38. The van der Waals surface area contributed by atoms with Gasteiger partial charge < -0.3 is 5.11 Å². The van der Waals surface area contributed by atoms with Gasteiger partial charge in [0.15, 0.2) is 0 Å². The molecule has 0 aliphatic heterocycles. The number of nitrogens with one attached hydrogen (secondary N) is 1. The molecule has 0 unspecified atom stereocenters. The molecule has 0 aliphatic rings. The third kappa shape index (κ3) is 3.88. The Kier molecular flexibility index (Phi) is 4.33. The lowest BCUT2D eigenvalue weighted by Gasteiger charge is -2.05. The van der Waals surface area contributed by atoms with E-state index in [1.807, 2.05) is 0 Å². The Balaban J connectivity index is 3.05. The molecule has 2 N–H and O–H groups in total. The molecule has 1 rings (SSSR count). The van der Waals surface area contributed by atoms with Crippen molar-refractivity contribution in [3.8, 4) is 0 Å². The van der Waals surface area contributed by atoms with Crippen LogP contribution in [-0.2, 0) is 14.8 Å². The number of halogens is 2. The lowest BCUT2D eigenvalue weighted by molar-refractivity contribution is -0.128. The van der Waals surface area contributed by atoms with Gasteiger partial charge in [-0.25, -0.2) is 4.79 Å². The number of hydrazone groups is 1. The number of carboxylic acids is 1. The number of benzene rings is 1. The second kappa shape index (κ2) is 5.35. The number of rotatable bonds is 4. The molecule has 9 heteroatoms. The second-order valence-electron chi connectivity index (χ2n) is 2.77. The summed E-state index contributed by atoms with van der Waals surface area (Å²) in [5.41, 5.74) is 0. The first-order valence-electron chi connectivity index (χ1n) is 4.06. The lowest BCUT2D eigenvalue weighted by Crippen LogP contribution is -2.19. The van der Waals surface area contributed by atoms with Crippen molar-refractivity contribution in [2.45, 2.75) is 4.90 Å². The maximum Gasteiger partial charge on any atom is 0.348 e. The van der Waals surface area contributed by atoms with Crippen molar-refractivity contribution >= 4 is 45.4 Å². The standard InChI is InChI=1S/C8H6Cl2N2O4S/c9-5-1-2-6(10)7(3-5)17(15,16)12-11-4-8(13)14/h1-4,12H,(H,13,14)/b11-4-. The van der Waals surface area contributed by atoms with Gasteiger partial charge in [-0.05, 0) is 18.2 Å². The van der Waals surface area contributed by atoms with Gasteiger partial charge in [0.25, 0.3) is 10.0 Å². The summed E-state index contributed by atoms with van der Waals surface area (Å²) in [7, 11) is -4.04. The molecule has 0 aliphatic carbocycles. The summed E-state index contributed by atoms with van der Waals surface area (Å²) in [6, 6.07) is 3.85. The molecule has 17 heavy (non-hydrogen) atoms. The average molecular weight is 297 g/mol. The van der Waals surface area contributed by atoms with Gasteiger partial charge in [-0.2, -0.15) is 18.4 Å². The third-order valence-corrected chi connectivity index (χ3v) is 3.47. The van der Waals surface area contributed by atoms with Crippen LogP contribution in [0.4, 0.5) is 0 Å². The Hall–Kier alpha value is -1.31. The van der Waals surface area contributed by atoms with E-state index in [-0.39, 0.29) is 14.9 Å². The quantitative estimate of drug-likeness (QED) is 0.647. The van der Waals surface area contributed by atoms with E-state index >= 15 is 0 Å². The highest BCUT2D eigenvalue weighted by atomic mass is 35.5. The zero-order valence-corrected chi connectivity index (χ0v) is 10.4. The van der Waals surface area contributed by atoms with Crippen molar-refractivity contribution in [3.63, 3.8) is 0 Å². The van der Waals surface area contributed by atoms with Crippen LogP contribution in [0.15, 0.2) is 28.2 Å². The molecule has 0 aromatic heterocycles. The van der Waals surface area contributed by atoms with Gasteiger partial charge in [-0.1, -0.05) is 23.2 Å². The van der Waals surface area contributed by atoms with Gasteiger partial charge in [-0.15, -0.1) is 0 Å². The van der Waals surface area contributed by atoms with Gasteiger partial charge in [0.05, 0.1) is 5.02 Å². The number of hydrogen-bond donors (Lipinski definition) is 2. The smallest absolute Gasteiger partial charge is 0.348 e. The Bertz CT molecular complexity index is 571. The first-order chi connectivity index (χ1) is 7.83. The Morgan fingerprint density at radius 3 is 2.65 bits per heavy atom. The highest BCUT2D eigenvalue weighted by Crippen LogP contribution is 2.24. The average Bonchev–Trinajstić information content (AvgIpc) is 2.20. The van der Waals surface area contributed by atoms with Crippen LogP contribution in [0.5, 0.6) is 0 Å². The number of sulfonamides is 1. The van der Waals surface area contributed by atoms with E-state index in [2.05, 4.69) is 5.10 Å². The van der Waals surface area contributed by atoms with Gasteiger partial charge in [0, 0.05) is 5.02 Å². The maximum atomic E-state index is 11.6. The minimum absolute atomic E-state index is 0.0487. The van der Waals surface area contributed by atoms with Crippen molar-refractivity contribution in [2.24, 2.45) is 5.10 Å². The first-order valence-corrected chi connectivity index (χ1v) is 6.29. The fraction of sp³-hybridized carbons (Fsp3) is 0. The Morgan fingerprint density at radius 2 is 2.06 bits per heavy atom. The summed E-state index contributed by atoms with van der Waals surface area (Å²) in [4.78, 5) is 11.5. The van der Waals surface area contributed by atoms with Crippen LogP contribution in [-0.4, -0.2) is 25.7 Å². The van der Waals surface area contributed by atoms with Crippen LogP contribution >= 0.6 is 23.2 Å². The van der Waals surface area contributed by atoms with E-state index in [9.17, 15) is 13.2 Å². The summed E-state index contributed by atoms with van der Waals surface area (Å²) in [6.07, 6.45) is 0.399. The molecule has 0 radical (unpaired) electrons. The number of nitrogens with zero attached hydrogens (tertiary/aromatic N) is 1. The van der Waals surface area contributed by atoms with Gasteiger partial charge in [-0.3, -0.25) is 0 Å². The van der Waals surface area contributed by atoms with Crippen LogP contribution in [0.25, 0.3) is 0 Å². The predicted molar refractivity (Wildman–Crippen MR) is 62.9 cm³/mol. The summed E-state index contributed by atoms with van der Waals surface area (Å²) in [5, 5.41) is 11.4. The molecule has 0 amide bonds. The van der Waals surface area contributed by atoms with Gasteiger partial charge in [0.2, 0.25) is 0 Å². The maximum absolute atomic E-state index is 11.6. The SMILES string of the molecule is O=C(O)/C=N\NS(=O)(=O)c1cc(Cl)ccc1Cl. The van der Waals surface area contributed by atoms with Gasteiger partial charge >= 0.3 is 5.97 Å². The van der Waals surface area contributed by atoms with E-state index < -0.39 is 16.0 Å². The summed E-state index contributed by atoms with van der Waals surface area (Å²) in [6.45, 7) is 0. The van der Waals surface area contributed by atoms with Crippen molar-refractivity contribution in [1.82, 2.24) is 4.83 Å². The monoisotopic (exact) mass is 296 g/mol. The van der Waals surface area contributed by atoms with Crippen molar-refractivity contribution in [2.75, 3.05) is 0 Å². The van der Waals surface area contributed by atoms with Crippen LogP contribution in [0, 0.1) is 0 Å². The fourth-order valence-electron chi connectivity index (χ4n) is 0.883. The van der Waals surface area contributed by atoms with E-state index in [1.165, 1.54) is 12.1 Å². The van der Waals surface area contributed by atoms with Crippen LogP contribution < -0.4 is 4.83 Å². The molecule has 6 nitrogen and oxygen atoms in total. The normalized spacial score (nSPS) is 11.6. The van der Waals surface area contributed by atoms with Crippen LogP contribution in [0.3, 0.4) is 0 Å². The molecule has 0 fully saturated rings. The molecule has 0 bridgehead atoms. The molecule has 0 heterocycles. The topological polar surface area (TPSA) is 95.8 Å². The molecule has 0 atom stereocenters. The predicted octanol–water partition coefficient (Wildman–Crippen LogP) is 1.34. The number of hydrogen-bond acceptors (Lipinski definition) is 4. The molecular formula is C8H6Cl2N2O4S. The summed E-state index contributed by atoms with van der Waals surface area (Å²) >= 11 is 11.3. The second-order valence-corrected chi connectivity index (χ2v) is 5.24. The molecule has 0 saturated heterocycles. The van der Waals surface area contributed by atoms with E-state index in [4.69, 9.17) is 28.3 Å². The fourth-order valence-corrected chi connectivity index (χ4v) is 2.44. The molecule has 1 aromatic carbocycles. The minimum atomic E-state index is -4.04. The molecule has 92 valence electrons. The Morgan fingerprint density at radius 1 is 1.41 bits per heavy atom. The van der Waals surface area contributed by atoms with Crippen molar-refractivity contribution in [1.29, 1.82) is 0 Å². The zero-order valence-electron chi connectivity index (χ0n) is 8.09. The minimum Gasteiger partial charge on any atom is -0.477 e. The zero-order chi connectivity index (χ0) is 13.1. The Labute approximate surface area is 107 Å². The van der Waals surface area contributed by atoms with E-state index in [1.54, 1.807) is 4.83 Å². The molecular weight excluding hydrogens is 291 g/mol. The summed E-state index contributed by atoms with van der Waals surface area (Å²) < 4.78 is 23.3. The van der Waals surface area contributed by atoms with Crippen molar-refractivity contribution < 1.29 is 18.3 Å². The van der Waals surface area contributed by atoms with Crippen molar-refractivity contribution in [3.05, 3.63) is 28.2 Å². The highest BCUT2D eigenvalue weighted by molar-refractivity contribution is 7.89. The number of carboxylic acid groups (broad SMARTS) is 1. The molecule has 0 spiro atoms. The van der Waals surface area contributed by atoms with E-state index in [0.717, 1.165) is 6.07 Å².